The van der Waals surface area contributed by atoms with Crippen LogP contribution in [0.1, 0.15) is 13.8 Å². The molecule has 0 atom stereocenters. The van der Waals surface area contributed by atoms with E-state index in [1.165, 1.54) is 6.08 Å². The maximum absolute atomic E-state index is 9.38. The van der Waals surface area contributed by atoms with E-state index in [-0.39, 0.29) is 6.67 Å². The molecule has 0 fully saturated rings. The first-order valence-corrected chi connectivity index (χ1v) is 2.62. The van der Waals surface area contributed by atoms with E-state index >= 15 is 0 Å². The fraction of sp³-hybridized carbons (Fsp3) is 0.600. The van der Waals surface area contributed by atoms with E-state index in [9.17, 15) is 9.59 Å². The number of aliphatic imine (C=N–C) groups is 1. The quantitative estimate of drug-likeness (QED) is 0.254. The Morgan fingerprint density at radius 1 is 1.67 bits per heavy atom. The Kier molecular flexibility index (Phi) is 18.9. The number of nitrogens with one attached hydrogen (secondary N) is 1. The number of nitrogens with zero attached hydrogens (tertiary/aromatic N) is 1. The molecule has 0 radical (unpaired) electrons. The lowest BCUT2D eigenvalue weighted by atomic mass is 11.0. The first-order chi connectivity index (χ1) is 4.41. The Bertz CT molecular complexity index is 97.1. The van der Waals surface area contributed by atoms with E-state index in [2.05, 4.69) is 10.3 Å². The Morgan fingerprint density at radius 3 is 2.56 bits per heavy atom. The normalized spacial score (nSPS) is 5.56. The van der Waals surface area contributed by atoms with Gasteiger partial charge in [-0.1, -0.05) is 13.8 Å². The van der Waals surface area contributed by atoms with E-state index < -0.39 is 0 Å². The van der Waals surface area contributed by atoms with Gasteiger partial charge in [0.15, 0.2) is 0 Å². The van der Waals surface area contributed by atoms with Crippen LogP contribution in [0.25, 0.3) is 0 Å². The van der Waals surface area contributed by atoms with Crippen LogP contribution in [0.15, 0.2) is 4.99 Å². The van der Waals surface area contributed by atoms with Crippen molar-refractivity contribution in [3.8, 4) is 0 Å². The van der Waals surface area contributed by atoms with E-state index in [1.807, 2.05) is 13.8 Å². The van der Waals surface area contributed by atoms with Gasteiger partial charge < -0.3 is 5.32 Å². The maximum atomic E-state index is 9.38. The smallest absolute Gasteiger partial charge is 0.236 e. The Balaban J connectivity index is 0. The van der Waals surface area contributed by atoms with Crippen molar-refractivity contribution >= 4 is 12.5 Å². The average Bonchev–Trinajstić information content (AvgIpc) is 1.94. The second-order valence-corrected chi connectivity index (χ2v) is 0.729. The highest BCUT2D eigenvalue weighted by Crippen LogP contribution is 1.49. The summed E-state index contributed by atoms with van der Waals surface area (Å²) < 4.78 is 0. The molecule has 1 N–H and O–H groups in total. The van der Waals surface area contributed by atoms with Gasteiger partial charge in [0.05, 0.1) is 0 Å². The molecule has 0 bridgehead atoms. The highest BCUT2D eigenvalue weighted by atomic mass is 16.1. The van der Waals surface area contributed by atoms with Gasteiger partial charge in [0.2, 0.25) is 12.5 Å². The molecule has 0 aliphatic carbocycles. The minimum Gasteiger partial charge on any atom is -0.339 e. The second kappa shape index (κ2) is 15.8. The number of hydrogen-bond donors (Lipinski definition) is 1. The number of hydrogen-bond acceptors (Lipinski definition) is 3. The fourth-order valence-corrected chi connectivity index (χ4v) is 0.115. The summed E-state index contributed by atoms with van der Waals surface area (Å²) in [5, 5.41) is 2.14. The molecule has 0 saturated heterocycles. The minimum atomic E-state index is 0.0208. The molecule has 0 aromatic heterocycles. The third-order valence-corrected chi connectivity index (χ3v) is 0.318. The number of carbonyl (C=O) groups excluding carboxylic acids is 2. The highest BCUT2D eigenvalue weighted by Gasteiger charge is 1.67. The number of amides is 1. The number of rotatable bonds is 3. The molecular weight excluding hydrogens is 120 g/mol. The summed E-state index contributed by atoms with van der Waals surface area (Å²) in [5.41, 5.74) is 0. The molecule has 0 aliphatic rings. The molecule has 0 rings (SSSR count). The highest BCUT2D eigenvalue weighted by molar-refractivity contribution is 5.46. The minimum absolute atomic E-state index is 0.0208. The van der Waals surface area contributed by atoms with Crippen LogP contribution < -0.4 is 5.32 Å². The van der Waals surface area contributed by atoms with Crippen molar-refractivity contribution in [1.29, 1.82) is 0 Å². The monoisotopic (exact) mass is 130 g/mol. The summed E-state index contributed by atoms with van der Waals surface area (Å²) in [7, 11) is 0. The SMILES string of the molecule is CC.O=C=NCNC=O. The van der Waals surface area contributed by atoms with Crippen LogP contribution in [0.5, 0.6) is 0 Å². The Labute approximate surface area is 54.0 Å². The van der Waals surface area contributed by atoms with E-state index in [4.69, 9.17) is 0 Å². The summed E-state index contributed by atoms with van der Waals surface area (Å²) in [6.07, 6.45) is 1.72. The lowest BCUT2D eigenvalue weighted by molar-refractivity contribution is -0.109. The van der Waals surface area contributed by atoms with Gasteiger partial charge in [0.25, 0.3) is 0 Å². The average molecular weight is 130 g/mol. The maximum Gasteiger partial charge on any atom is 0.236 e. The zero-order chi connectivity index (χ0) is 7.54. The molecule has 0 spiro atoms. The van der Waals surface area contributed by atoms with Crippen LogP contribution in [-0.4, -0.2) is 19.2 Å². The van der Waals surface area contributed by atoms with E-state index in [0.717, 1.165) is 0 Å². The Morgan fingerprint density at radius 2 is 2.22 bits per heavy atom. The molecule has 1 amide bonds. The molecule has 4 nitrogen and oxygen atoms in total. The summed E-state index contributed by atoms with van der Waals surface area (Å²) in [4.78, 5) is 21.6. The molecule has 4 heteroatoms. The topological polar surface area (TPSA) is 58.5 Å². The van der Waals surface area contributed by atoms with Crippen LogP contribution in [0.3, 0.4) is 0 Å². The van der Waals surface area contributed by atoms with Crippen molar-refractivity contribution in [2.24, 2.45) is 4.99 Å². The zero-order valence-electron chi connectivity index (χ0n) is 5.55. The van der Waals surface area contributed by atoms with Crippen LogP contribution in [-0.2, 0) is 9.59 Å². The largest absolute Gasteiger partial charge is 0.339 e. The van der Waals surface area contributed by atoms with Crippen molar-refractivity contribution < 1.29 is 9.59 Å². The van der Waals surface area contributed by atoms with Gasteiger partial charge in [-0.15, -0.1) is 0 Å². The molecule has 0 aromatic carbocycles. The second-order valence-electron chi connectivity index (χ2n) is 0.729. The van der Waals surface area contributed by atoms with Gasteiger partial charge in [-0.2, -0.15) is 4.99 Å². The lowest BCUT2D eigenvalue weighted by Gasteiger charge is -1.80. The van der Waals surface area contributed by atoms with E-state index in [0.29, 0.717) is 6.41 Å². The van der Waals surface area contributed by atoms with E-state index in [1.54, 1.807) is 0 Å². The molecule has 0 unspecified atom stereocenters. The van der Waals surface area contributed by atoms with Crippen LogP contribution in [0.2, 0.25) is 0 Å². The summed E-state index contributed by atoms with van der Waals surface area (Å²) in [6.45, 7) is 4.02. The van der Waals surface area contributed by atoms with Gasteiger partial charge >= 0.3 is 0 Å². The van der Waals surface area contributed by atoms with Gasteiger partial charge in [-0.3, -0.25) is 4.79 Å². The number of isocyanates is 1. The van der Waals surface area contributed by atoms with Crippen molar-refractivity contribution in [3.63, 3.8) is 0 Å². The van der Waals surface area contributed by atoms with Gasteiger partial charge in [0.1, 0.15) is 6.67 Å². The third-order valence-electron chi connectivity index (χ3n) is 0.318. The zero-order valence-corrected chi connectivity index (χ0v) is 5.55. The van der Waals surface area contributed by atoms with Gasteiger partial charge in [-0.05, 0) is 0 Å². The summed E-state index contributed by atoms with van der Waals surface area (Å²) in [5.74, 6) is 0. The standard InChI is InChI=1S/C3H4N2O2.C2H6/c6-2-4-1-5-3-7;1-2/h2H,1H2,(H,4,6);1-2H3. The molecule has 0 aromatic rings. The molecule has 52 valence electrons. The van der Waals surface area contributed by atoms with Gasteiger partial charge in [0, 0.05) is 0 Å². The molecule has 9 heavy (non-hydrogen) atoms. The van der Waals surface area contributed by atoms with Gasteiger partial charge in [-0.25, -0.2) is 4.79 Å². The third kappa shape index (κ3) is 19.8. The predicted octanol–water partition coefficient (Wildman–Crippen LogP) is 0.0519. The van der Waals surface area contributed by atoms with Crippen LogP contribution in [0, 0.1) is 0 Å². The van der Waals surface area contributed by atoms with Crippen LogP contribution in [0.4, 0.5) is 0 Å². The molecule has 0 heterocycles. The summed E-state index contributed by atoms with van der Waals surface area (Å²) >= 11 is 0. The summed E-state index contributed by atoms with van der Waals surface area (Å²) in [6, 6.07) is 0. The lowest BCUT2D eigenvalue weighted by Crippen LogP contribution is -2.09. The molecule has 0 aliphatic heterocycles. The van der Waals surface area contributed by atoms with Crippen molar-refractivity contribution in [2.75, 3.05) is 6.67 Å². The first kappa shape index (κ1) is 10.8. The molecular formula is C5H10N2O2. The predicted molar refractivity (Wildman–Crippen MR) is 33.5 cm³/mol. The number of carbonyl (C=O) groups is 1. The van der Waals surface area contributed by atoms with Crippen molar-refractivity contribution in [1.82, 2.24) is 5.32 Å². The first-order valence-electron chi connectivity index (χ1n) is 2.62. The fourth-order valence-electron chi connectivity index (χ4n) is 0.115. The van der Waals surface area contributed by atoms with Crippen molar-refractivity contribution in [2.45, 2.75) is 13.8 Å². The van der Waals surface area contributed by atoms with Crippen molar-refractivity contribution in [3.05, 3.63) is 0 Å². The Hall–Kier alpha value is -1.15. The molecule has 0 saturated carbocycles. The van der Waals surface area contributed by atoms with Crippen LogP contribution >= 0.6 is 0 Å².